The van der Waals surface area contributed by atoms with Crippen molar-refractivity contribution < 1.29 is 23.8 Å². The number of carbonyl (C=O) groups excluding carboxylic acids is 2. The number of thioether (sulfide) groups is 1. The molecule has 6 nitrogen and oxygen atoms in total. The number of amides is 1. The molecule has 0 spiro atoms. The Morgan fingerprint density at radius 3 is 2.40 bits per heavy atom. The monoisotopic (exact) mass is 361 g/mol. The standard InChI is InChI=1S/C18H19NO5S/c1-22-14-8-4-5-9-15(14)23-12-18(21)24-11-17(20)19-13-7-3-6-10-16(13)25-2/h3-10H,11-12H2,1-2H3,(H,19,20). The molecular weight excluding hydrogens is 342 g/mol. The summed E-state index contributed by atoms with van der Waals surface area (Å²) in [5.74, 6) is -0.103. The van der Waals surface area contributed by atoms with Crippen molar-refractivity contribution in [1.29, 1.82) is 0 Å². The number of ether oxygens (including phenoxy) is 3. The van der Waals surface area contributed by atoms with Crippen LogP contribution in [0.4, 0.5) is 5.69 Å². The normalized spacial score (nSPS) is 10.0. The molecule has 0 unspecified atom stereocenters. The smallest absolute Gasteiger partial charge is 0.344 e. The summed E-state index contributed by atoms with van der Waals surface area (Å²) in [6, 6.07) is 14.3. The number of hydrogen-bond donors (Lipinski definition) is 1. The fourth-order valence-corrected chi connectivity index (χ4v) is 2.55. The predicted octanol–water partition coefficient (Wildman–Crippen LogP) is 2.98. The van der Waals surface area contributed by atoms with E-state index in [-0.39, 0.29) is 13.2 Å². The van der Waals surface area contributed by atoms with Crippen molar-refractivity contribution in [2.45, 2.75) is 4.90 Å². The molecule has 1 amide bonds. The van der Waals surface area contributed by atoms with Gasteiger partial charge in [-0.2, -0.15) is 0 Å². The van der Waals surface area contributed by atoms with Crippen LogP contribution in [0.25, 0.3) is 0 Å². The third kappa shape index (κ3) is 5.72. The Kier molecular flexibility index (Phi) is 7.16. The molecule has 25 heavy (non-hydrogen) atoms. The second kappa shape index (κ2) is 9.58. The molecule has 0 saturated heterocycles. The number of para-hydroxylation sites is 3. The zero-order valence-corrected chi connectivity index (χ0v) is 14.8. The minimum absolute atomic E-state index is 0.310. The van der Waals surface area contributed by atoms with Crippen molar-refractivity contribution in [1.82, 2.24) is 0 Å². The van der Waals surface area contributed by atoms with Gasteiger partial charge >= 0.3 is 5.97 Å². The van der Waals surface area contributed by atoms with Crippen molar-refractivity contribution in [3.63, 3.8) is 0 Å². The first-order chi connectivity index (χ1) is 12.1. The highest BCUT2D eigenvalue weighted by Crippen LogP contribution is 2.26. The number of anilines is 1. The fourth-order valence-electron chi connectivity index (χ4n) is 2.00. The van der Waals surface area contributed by atoms with E-state index in [1.165, 1.54) is 18.9 Å². The van der Waals surface area contributed by atoms with Crippen LogP contribution in [-0.4, -0.2) is 38.5 Å². The van der Waals surface area contributed by atoms with E-state index < -0.39 is 11.9 Å². The molecule has 0 aliphatic carbocycles. The van der Waals surface area contributed by atoms with Gasteiger partial charge in [0.05, 0.1) is 12.8 Å². The van der Waals surface area contributed by atoms with Crippen LogP contribution in [0.5, 0.6) is 11.5 Å². The SMILES string of the molecule is COc1ccccc1OCC(=O)OCC(=O)Nc1ccccc1SC. The van der Waals surface area contributed by atoms with E-state index in [9.17, 15) is 9.59 Å². The minimum Gasteiger partial charge on any atom is -0.493 e. The molecule has 2 aromatic carbocycles. The summed E-state index contributed by atoms with van der Waals surface area (Å²) >= 11 is 1.52. The van der Waals surface area contributed by atoms with E-state index in [1.807, 2.05) is 24.5 Å². The van der Waals surface area contributed by atoms with Crippen LogP contribution in [0, 0.1) is 0 Å². The van der Waals surface area contributed by atoms with Crippen molar-refractivity contribution in [2.24, 2.45) is 0 Å². The van der Waals surface area contributed by atoms with E-state index in [1.54, 1.807) is 30.3 Å². The third-order valence-corrected chi connectivity index (χ3v) is 3.96. The quantitative estimate of drug-likeness (QED) is 0.576. The fraction of sp³-hybridized carbons (Fsp3) is 0.222. The third-order valence-electron chi connectivity index (χ3n) is 3.16. The Morgan fingerprint density at radius 1 is 1.00 bits per heavy atom. The van der Waals surface area contributed by atoms with Crippen LogP contribution in [0.1, 0.15) is 0 Å². The first kappa shape index (κ1) is 18.7. The highest BCUT2D eigenvalue weighted by molar-refractivity contribution is 7.98. The number of rotatable bonds is 8. The average molecular weight is 361 g/mol. The van der Waals surface area contributed by atoms with Gasteiger partial charge < -0.3 is 19.5 Å². The molecule has 0 aliphatic heterocycles. The highest BCUT2D eigenvalue weighted by Gasteiger charge is 2.11. The van der Waals surface area contributed by atoms with Crippen LogP contribution < -0.4 is 14.8 Å². The molecule has 132 valence electrons. The molecular formula is C18H19NO5S. The summed E-state index contributed by atoms with van der Waals surface area (Å²) < 4.78 is 15.4. The molecule has 2 aromatic rings. The number of benzene rings is 2. The molecule has 0 radical (unpaired) electrons. The van der Waals surface area contributed by atoms with Gasteiger partial charge in [-0.15, -0.1) is 11.8 Å². The van der Waals surface area contributed by atoms with Gasteiger partial charge in [0.25, 0.3) is 5.91 Å². The van der Waals surface area contributed by atoms with Gasteiger partial charge in [0.2, 0.25) is 0 Å². The maximum absolute atomic E-state index is 11.9. The van der Waals surface area contributed by atoms with Gasteiger partial charge in [-0.25, -0.2) is 4.79 Å². The van der Waals surface area contributed by atoms with Gasteiger partial charge in [0.1, 0.15) is 0 Å². The number of methoxy groups -OCH3 is 1. The number of hydrogen-bond acceptors (Lipinski definition) is 6. The molecule has 0 atom stereocenters. The summed E-state index contributed by atoms with van der Waals surface area (Å²) in [6.45, 7) is -0.689. The number of carbonyl (C=O) groups is 2. The molecule has 0 fully saturated rings. The lowest BCUT2D eigenvalue weighted by molar-refractivity contribution is -0.149. The van der Waals surface area contributed by atoms with Crippen molar-refractivity contribution >= 4 is 29.3 Å². The summed E-state index contributed by atoms with van der Waals surface area (Å²) in [5.41, 5.74) is 0.682. The van der Waals surface area contributed by atoms with Crippen molar-refractivity contribution in [3.05, 3.63) is 48.5 Å². The minimum atomic E-state index is -0.640. The Bertz CT molecular complexity index is 735. The Hall–Kier alpha value is -2.67. The molecule has 1 N–H and O–H groups in total. The zero-order chi connectivity index (χ0) is 18.1. The average Bonchev–Trinajstić information content (AvgIpc) is 2.65. The molecule has 0 bridgehead atoms. The van der Waals surface area contributed by atoms with Gasteiger partial charge in [-0.3, -0.25) is 4.79 Å². The largest absolute Gasteiger partial charge is 0.493 e. The second-order valence-electron chi connectivity index (χ2n) is 4.85. The first-order valence-electron chi connectivity index (χ1n) is 7.48. The Labute approximate surface area is 150 Å². The van der Waals surface area contributed by atoms with Gasteiger partial charge in [-0.1, -0.05) is 24.3 Å². The summed E-state index contributed by atoms with van der Waals surface area (Å²) in [6.07, 6.45) is 1.92. The van der Waals surface area contributed by atoms with E-state index in [0.29, 0.717) is 17.2 Å². The lowest BCUT2D eigenvalue weighted by Crippen LogP contribution is -2.23. The van der Waals surface area contributed by atoms with Gasteiger partial charge in [0, 0.05) is 4.90 Å². The molecule has 0 aliphatic rings. The van der Waals surface area contributed by atoms with Crippen molar-refractivity contribution in [3.8, 4) is 11.5 Å². The van der Waals surface area contributed by atoms with Crippen LogP contribution in [-0.2, 0) is 14.3 Å². The van der Waals surface area contributed by atoms with E-state index in [0.717, 1.165) is 4.90 Å². The summed E-state index contributed by atoms with van der Waals surface area (Å²) in [7, 11) is 1.51. The van der Waals surface area contributed by atoms with Crippen LogP contribution in [0.15, 0.2) is 53.4 Å². The topological polar surface area (TPSA) is 73.9 Å². The van der Waals surface area contributed by atoms with E-state index in [2.05, 4.69) is 5.32 Å². The van der Waals surface area contributed by atoms with Gasteiger partial charge in [0.15, 0.2) is 24.7 Å². The number of nitrogens with one attached hydrogen (secondary N) is 1. The van der Waals surface area contributed by atoms with Gasteiger partial charge in [-0.05, 0) is 30.5 Å². The van der Waals surface area contributed by atoms with Crippen LogP contribution in [0.2, 0.25) is 0 Å². The second-order valence-corrected chi connectivity index (χ2v) is 5.70. The molecule has 0 aromatic heterocycles. The molecule has 0 heterocycles. The van der Waals surface area contributed by atoms with E-state index >= 15 is 0 Å². The Morgan fingerprint density at radius 2 is 1.68 bits per heavy atom. The maximum Gasteiger partial charge on any atom is 0.344 e. The van der Waals surface area contributed by atoms with Crippen LogP contribution >= 0.6 is 11.8 Å². The zero-order valence-electron chi connectivity index (χ0n) is 14.0. The number of esters is 1. The molecule has 2 rings (SSSR count). The summed E-state index contributed by atoms with van der Waals surface area (Å²) in [5, 5.41) is 2.71. The first-order valence-corrected chi connectivity index (χ1v) is 8.71. The lowest BCUT2D eigenvalue weighted by atomic mass is 10.3. The van der Waals surface area contributed by atoms with E-state index in [4.69, 9.17) is 14.2 Å². The summed E-state index contributed by atoms with van der Waals surface area (Å²) in [4.78, 5) is 24.6. The maximum atomic E-state index is 11.9. The lowest BCUT2D eigenvalue weighted by Gasteiger charge is -2.11. The highest BCUT2D eigenvalue weighted by atomic mass is 32.2. The Balaban J connectivity index is 1.78. The predicted molar refractivity (Wildman–Crippen MR) is 96.3 cm³/mol. The van der Waals surface area contributed by atoms with Crippen molar-refractivity contribution in [2.75, 3.05) is 31.9 Å². The molecule has 7 heteroatoms. The van der Waals surface area contributed by atoms with Crippen LogP contribution in [0.3, 0.4) is 0 Å². The molecule has 0 saturated carbocycles.